The molecule has 1 saturated carbocycles. The Balaban J connectivity index is 2.44. The van der Waals surface area contributed by atoms with Crippen molar-refractivity contribution in [2.45, 2.75) is 24.8 Å². The Morgan fingerprint density at radius 1 is 1.64 bits per heavy atom. The lowest BCUT2D eigenvalue weighted by Gasteiger charge is -2.38. The number of amides is 1. The first kappa shape index (κ1) is 8.93. The largest absolute Gasteiger partial charge is 0.363 e. The molecule has 5 nitrogen and oxygen atoms in total. The van der Waals surface area contributed by atoms with Gasteiger partial charge in [-0.3, -0.25) is 4.79 Å². The average Bonchev–Trinajstić information content (AvgIpc) is 2.52. The molecular weight excluding hydrogens is 182 g/mol. The number of carbonyl (C=O) groups is 2. The van der Waals surface area contributed by atoms with Crippen LogP contribution in [0.3, 0.4) is 0 Å². The zero-order valence-corrected chi connectivity index (χ0v) is 7.64. The van der Waals surface area contributed by atoms with Gasteiger partial charge < -0.3 is 15.1 Å². The van der Waals surface area contributed by atoms with Gasteiger partial charge >= 0.3 is 0 Å². The number of aromatic nitrogens is 2. The molecule has 1 amide bonds. The molecule has 2 N–H and O–H groups in total. The minimum Gasteiger partial charge on any atom is -0.363 e. The van der Waals surface area contributed by atoms with Gasteiger partial charge in [-0.15, -0.1) is 0 Å². The van der Waals surface area contributed by atoms with E-state index in [-0.39, 0.29) is 5.82 Å². The van der Waals surface area contributed by atoms with Crippen LogP contribution in [0.2, 0.25) is 0 Å². The number of rotatable bonds is 3. The van der Waals surface area contributed by atoms with Crippen molar-refractivity contribution in [3.63, 3.8) is 0 Å². The second-order valence-electron chi connectivity index (χ2n) is 3.56. The fraction of sp³-hybridized carbons (Fsp3) is 0.444. The highest BCUT2D eigenvalue weighted by Gasteiger charge is 2.40. The number of carbonyl (C=O) groups excluding carboxylic acids is 2. The first-order chi connectivity index (χ1) is 6.69. The first-order valence-corrected chi connectivity index (χ1v) is 4.49. The molecule has 0 aromatic carbocycles. The lowest BCUT2D eigenvalue weighted by atomic mass is 9.77. The van der Waals surface area contributed by atoms with Gasteiger partial charge in [0.2, 0.25) is 0 Å². The van der Waals surface area contributed by atoms with E-state index in [0.29, 0.717) is 0 Å². The molecule has 5 heteroatoms. The van der Waals surface area contributed by atoms with Gasteiger partial charge in [-0.2, -0.15) is 0 Å². The second-order valence-corrected chi connectivity index (χ2v) is 3.56. The van der Waals surface area contributed by atoms with Gasteiger partial charge in [0.05, 0.1) is 0 Å². The zero-order valence-electron chi connectivity index (χ0n) is 7.64. The standard InChI is InChI=1S/C9H11N3O2/c10-7(14)8-11-4-5-12(8)9(6-13)2-1-3-9/h4-6H,1-3H2,(H2,10,14). The van der Waals surface area contributed by atoms with Crippen LogP contribution in [0.25, 0.3) is 0 Å². The van der Waals surface area contributed by atoms with Gasteiger partial charge in [0.25, 0.3) is 5.91 Å². The summed E-state index contributed by atoms with van der Waals surface area (Å²) in [6.07, 6.45) is 6.51. The molecule has 1 aromatic rings. The van der Waals surface area contributed by atoms with E-state index in [1.807, 2.05) is 0 Å². The van der Waals surface area contributed by atoms with Crippen molar-refractivity contribution >= 4 is 12.2 Å². The van der Waals surface area contributed by atoms with Crippen molar-refractivity contribution in [2.24, 2.45) is 5.73 Å². The van der Waals surface area contributed by atoms with Crippen LogP contribution in [-0.4, -0.2) is 21.7 Å². The van der Waals surface area contributed by atoms with Gasteiger partial charge in [-0.1, -0.05) is 0 Å². The highest BCUT2D eigenvalue weighted by molar-refractivity contribution is 5.89. The number of nitrogens with two attached hydrogens (primary N) is 1. The van der Waals surface area contributed by atoms with Gasteiger partial charge in [0, 0.05) is 12.4 Å². The van der Waals surface area contributed by atoms with E-state index in [1.54, 1.807) is 10.8 Å². The first-order valence-electron chi connectivity index (χ1n) is 4.49. The van der Waals surface area contributed by atoms with Crippen LogP contribution in [0.1, 0.15) is 29.9 Å². The predicted octanol–water partition coefficient (Wildman–Crippen LogP) is 0.0601. The van der Waals surface area contributed by atoms with Crippen molar-refractivity contribution in [3.8, 4) is 0 Å². The third-order valence-electron chi connectivity index (χ3n) is 2.78. The molecule has 1 fully saturated rings. The van der Waals surface area contributed by atoms with E-state index >= 15 is 0 Å². The minimum absolute atomic E-state index is 0.164. The average molecular weight is 193 g/mol. The summed E-state index contributed by atoms with van der Waals surface area (Å²) in [6.45, 7) is 0. The van der Waals surface area contributed by atoms with Gasteiger partial charge in [0.15, 0.2) is 5.82 Å². The Hall–Kier alpha value is -1.65. The Bertz CT molecular complexity index is 379. The van der Waals surface area contributed by atoms with Gasteiger partial charge in [-0.25, -0.2) is 4.98 Å². The number of primary amides is 1. The molecule has 2 rings (SSSR count). The summed E-state index contributed by atoms with van der Waals surface area (Å²) in [4.78, 5) is 25.8. The molecule has 14 heavy (non-hydrogen) atoms. The molecule has 0 unspecified atom stereocenters. The Morgan fingerprint density at radius 2 is 2.36 bits per heavy atom. The van der Waals surface area contributed by atoms with Crippen molar-refractivity contribution in [2.75, 3.05) is 0 Å². The summed E-state index contributed by atoms with van der Waals surface area (Å²) in [5.41, 5.74) is 4.58. The maximum absolute atomic E-state index is 11.0. The van der Waals surface area contributed by atoms with Crippen LogP contribution in [0, 0.1) is 0 Å². The summed E-state index contributed by atoms with van der Waals surface area (Å²) in [6, 6.07) is 0. The molecule has 1 aliphatic carbocycles. The number of nitrogens with zero attached hydrogens (tertiary/aromatic N) is 2. The van der Waals surface area contributed by atoms with E-state index < -0.39 is 11.4 Å². The van der Waals surface area contributed by atoms with Crippen LogP contribution in [0.15, 0.2) is 12.4 Å². The van der Waals surface area contributed by atoms with Crippen molar-refractivity contribution < 1.29 is 9.59 Å². The van der Waals surface area contributed by atoms with Crippen LogP contribution in [0.5, 0.6) is 0 Å². The summed E-state index contributed by atoms with van der Waals surface area (Å²) in [5.74, 6) is -0.431. The van der Waals surface area contributed by atoms with E-state index in [0.717, 1.165) is 25.5 Å². The van der Waals surface area contributed by atoms with E-state index in [1.165, 1.54) is 6.20 Å². The highest BCUT2D eigenvalue weighted by Crippen LogP contribution is 2.37. The predicted molar refractivity (Wildman–Crippen MR) is 48.6 cm³/mol. The molecular formula is C9H11N3O2. The van der Waals surface area contributed by atoms with Crippen molar-refractivity contribution in [1.82, 2.24) is 9.55 Å². The van der Waals surface area contributed by atoms with E-state index in [4.69, 9.17) is 5.73 Å². The number of imidazole rings is 1. The van der Waals surface area contributed by atoms with Crippen molar-refractivity contribution in [1.29, 1.82) is 0 Å². The van der Waals surface area contributed by atoms with Crippen LogP contribution >= 0.6 is 0 Å². The molecule has 74 valence electrons. The molecule has 0 atom stereocenters. The smallest absolute Gasteiger partial charge is 0.284 e. The molecule has 1 heterocycles. The molecule has 1 aliphatic rings. The fourth-order valence-corrected chi connectivity index (χ4v) is 1.80. The maximum atomic E-state index is 11.0. The van der Waals surface area contributed by atoms with Gasteiger partial charge in [-0.05, 0) is 19.3 Å². The summed E-state index contributed by atoms with van der Waals surface area (Å²) in [5, 5.41) is 0. The lowest BCUT2D eigenvalue weighted by Crippen LogP contribution is -2.43. The zero-order chi connectivity index (χ0) is 10.2. The lowest BCUT2D eigenvalue weighted by molar-refractivity contribution is -0.119. The second kappa shape index (κ2) is 2.94. The third kappa shape index (κ3) is 1.05. The van der Waals surface area contributed by atoms with E-state index in [9.17, 15) is 9.59 Å². The van der Waals surface area contributed by atoms with Gasteiger partial charge in [0.1, 0.15) is 11.8 Å². The van der Waals surface area contributed by atoms with Crippen LogP contribution < -0.4 is 5.73 Å². The van der Waals surface area contributed by atoms with E-state index in [2.05, 4.69) is 4.98 Å². The summed E-state index contributed by atoms with van der Waals surface area (Å²) in [7, 11) is 0. The van der Waals surface area contributed by atoms with Crippen LogP contribution in [0.4, 0.5) is 0 Å². The highest BCUT2D eigenvalue weighted by atomic mass is 16.1. The maximum Gasteiger partial charge on any atom is 0.284 e. The minimum atomic E-state index is -0.594. The third-order valence-corrected chi connectivity index (χ3v) is 2.78. The summed E-state index contributed by atoms with van der Waals surface area (Å²) >= 11 is 0. The topological polar surface area (TPSA) is 78.0 Å². The summed E-state index contributed by atoms with van der Waals surface area (Å²) < 4.78 is 1.59. The molecule has 0 saturated heterocycles. The molecule has 0 aliphatic heterocycles. The molecule has 1 aromatic heterocycles. The molecule has 0 radical (unpaired) electrons. The molecule has 0 spiro atoms. The Labute approximate surface area is 80.9 Å². The number of aldehydes is 1. The Morgan fingerprint density at radius 3 is 2.79 bits per heavy atom. The quantitative estimate of drug-likeness (QED) is 0.689. The van der Waals surface area contributed by atoms with Crippen molar-refractivity contribution in [3.05, 3.63) is 18.2 Å². The number of hydrogen-bond acceptors (Lipinski definition) is 3. The fourth-order valence-electron chi connectivity index (χ4n) is 1.80. The SMILES string of the molecule is NC(=O)c1nccn1C1(C=O)CCC1. The monoisotopic (exact) mass is 193 g/mol. The normalized spacial score (nSPS) is 18.6. The molecule has 0 bridgehead atoms. The van der Waals surface area contributed by atoms with Crippen LogP contribution in [-0.2, 0) is 10.3 Å². The Kier molecular flexibility index (Phi) is 1.87. The number of hydrogen-bond donors (Lipinski definition) is 1.